The van der Waals surface area contributed by atoms with Gasteiger partial charge in [-0.15, -0.1) is 0 Å². The summed E-state index contributed by atoms with van der Waals surface area (Å²) in [6.45, 7) is 7.59. The van der Waals surface area contributed by atoms with E-state index in [2.05, 4.69) is 32.2 Å². The molecule has 0 radical (unpaired) electrons. The summed E-state index contributed by atoms with van der Waals surface area (Å²) in [7, 11) is 0. The van der Waals surface area contributed by atoms with Crippen molar-refractivity contribution in [3.8, 4) is 5.75 Å². The highest BCUT2D eigenvalue weighted by molar-refractivity contribution is 5.68. The zero-order chi connectivity index (χ0) is 14.1. The molecule has 0 bridgehead atoms. The van der Waals surface area contributed by atoms with Crippen molar-refractivity contribution in [2.45, 2.75) is 38.2 Å². The first-order valence-electron chi connectivity index (χ1n) is 6.53. The second-order valence-corrected chi connectivity index (χ2v) is 6.24. The molecule has 0 spiro atoms. The molecule has 4 nitrogen and oxygen atoms in total. The Morgan fingerprint density at radius 2 is 2.11 bits per heavy atom. The number of carboxylic acids is 1. The van der Waals surface area contributed by atoms with Crippen LogP contribution in [0.25, 0.3) is 0 Å². The minimum atomic E-state index is -0.825. The molecule has 2 N–H and O–H groups in total. The van der Waals surface area contributed by atoms with Gasteiger partial charge in [0.25, 0.3) is 0 Å². The van der Waals surface area contributed by atoms with Crippen LogP contribution in [0.4, 0.5) is 0 Å². The third kappa shape index (κ3) is 3.26. The molecule has 0 atom stereocenters. The topological polar surface area (TPSA) is 58.6 Å². The molecule has 2 rings (SSSR count). The molecule has 0 aromatic heterocycles. The van der Waals surface area contributed by atoms with Crippen molar-refractivity contribution in [2.75, 3.05) is 13.1 Å². The van der Waals surface area contributed by atoms with Crippen molar-refractivity contribution in [3.63, 3.8) is 0 Å². The van der Waals surface area contributed by atoms with Crippen molar-refractivity contribution in [2.24, 2.45) is 0 Å². The Labute approximate surface area is 113 Å². The van der Waals surface area contributed by atoms with Crippen LogP contribution in [0.15, 0.2) is 24.3 Å². The molecule has 1 aliphatic heterocycles. The van der Waals surface area contributed by atoms with Crippen molar-refractivity contribution < 1.29 is 14.6 Å². The maximum Gasteiger partial charge on any atom is 0.307 e. The van der Waals surface area contributed by atoms with E-state index in [9.17, 15) is 4.79 Å². The number of ether oxygens (including phenoxy) is 1. The fourth-order valence-electron chi connectivity index (χ4n) is 2.19. The van der Waals surface area contributed by atoms with E-state index < -0.39 is 11.6 Å². The van der Waals surface area contributed by atoms with Crippen LogP contribution in [-0.4, -0.2) is 29.8 Å². The van der Waals surface area contributed by atoms with Gasteiger partial charge in [0.05, 0.1) is 6.42 Å². The fourth-order valence-corrected chi connectivity index (χ4v) is 2.19. The Kier molecular flexibility index (Phi) is 3.54. The van der Waals surface area contributed by atoms with E-state index in [1.807, 2.05) is 18.2 Å². The van der Waals surface area contributed by atoms with Gasteiger partial charge in [0.2, 0.25) is 0 Å². The summed E-state index contributed by atoms with van der Waals surface area (Å²) in [6, 6.07) is 7.91. The zero-order valence-corrected chi connectivity index (χ0v) is 11.7. The lowest BCUT2D eigenvalue weighted by atomic mass is 9.87. The largest absolute Gasteiger partial charge is 0.484 e. The highest BCUT2D eigenvalue weighted by atomic mass is 16.5. The third-order valence-electron chi connectivity index (χ3n) is 3.40. The summed E-state index contributed by atoms with van der Waals surface area (Å²) in [5.41, 5.74) is 0.641. The van der Waals surface area contributed by atoms with Gasteiger partial charge in [0, 0.05) is 13.1 Å². The first-order chi connectivity index (χ1) is 8.81. The average molecular weight is 263 g/mol. The van der Waals surface area contributed by atoms with Gasteiger partial charge in [-0.25, -0.2) is 0 Å². The van der Waals surface area contributed by atoms with Gasteiger partial charge in [0.15, 0.2) is 0 Å². The van der Waals surface area contributed by atoms with E-state index in [4.69, 9.17) is 9.84 Å². The number of hydrogen-bond acceptors (Lipinski definition) is 3. The number of aliphatic carboxylic acids is 1. The second kappa shape index (κ2) is 4.85. The van der Waals surface area contributed by atoms with Crippen LogP contribution >= 0.6 is 0 Å². The summed E-state index contributed by atoms with van der Waals surface area (Å²) < 4.78 is 5.94. The molecular formula is C15H21NO3. The molecule has 1 heterocycles. The molecule has 1 aromatic rings. The molecule has 1 aromatic carbocycles. The zero-order valence-electron chi connectivity index (χ0n) is 11.7. The Bertz CT molecular complexity index is 473. The van der Waals surface area contributed by atoms with Crippen LogP contribution in [-0.2, 0) is 10.2 Å². The number of carboxylic acid groups (broad SMARTS) is 1. The molecule has 1 fully saturated rings. The minimum Gasteiger partial charge on any atom is -0.484 e. The second-order valence-electron chi connectivity index (χ2n) is 6.24. The average Bonchev–Trinajstić information content (AvgIpc) is 2.24. The smallest absolute Gasteiger partial charge is 0.307 e. The summed E-state index contributed by atoms with van der Waals surface area (Å²) in [6.07, 6.45) is 0.0275. The molecule has 0 saturated carbocycles. The number of carbonyl (C=O) groups is 1. The van der Waals surface area contributed by atoms with Gasteiger partial charge in [-0.2, -0.15) is 0 Å². The Balaban J connectivity index is 2.16. The van der Waals surface area contributed by atoms with E-state index in [1.165, 1.54) is 5.56 Å². The predicted octanol–water partition coefficient (Wildman–Crippen LogP) is 2.18. The van der Waals surface area contributed by atoms with E-state index >= 15 is 0 Å². The van der Waals surface area contributed by atoms with Crippen LogP contribution in [0.2, 0.25) is 0 Å². The molecule has 104 valence electrons. The lowest BCUT2D eigenvalue weighted by Gasteiger charge is -2.41. The number of hydrogen-bond donors (Lipinski definition) is 2. The molecule has 1 aliphatic rings. The molecule has 1 saturated heterocycles. The monoisotopic (exact) mass is 263 g/mol. The summed E-state index contributed by atoms with van der Waals surface area (Å²) in [4.78, 5) is 10.9. The maximum absolute atomic E-state index is 10.9. The normalized spacial score (nSPS) is 17.6. The summed E-state index contributed by atoms with van der Waals surface area (Å²) >= 11 is 0. The quantitative estimate of drug-likeness (QED) is 0.874. The van der Waals surface area contributed by atoms with Crippen molar-refractivity contribution in [1.82, 2.24) is 5.32 Å². The van der Waals surface area contributed by atoms with Crippen molar-refractivity contribution >= 4 is 5.97 Å². The van der Waals surface area contributed by atoms with Gasteiger partial charge in [-0.05, 0) is 23.1 Å². The first kappa shape index (κ1) is 13.9. The highest BCUT2D eigenvalue weighted by Gasteiger charge is 2.41. The van der Waals surface area contributed by atoms with Gasteiger partial charge in [-0.1, -0.05) is 32.9 Å². The van der Waals surface area contributed by atoms with Crippen LogP contribution in [0, 0.1) is 0 Å². The lowest BCUT2D eigenvalue weighted by molar-refractivity contribution is -0.143. The summed E-state index contributed by atoms with van der Waals surface area (Å²) in [5, 5.41) is 12.1. The van der Waals surface area contributed by atoms with E-state index in [0.29, 0.717) is 13.1 Å². The summed E-state index contributed by atoms with van der Waals surface area (Å²) in [5.74, 6) is -0.0800. The Hall–Kier alpha value is -1.55. The molecule has 0 aliphatic carbocycles. The van der Waals surface area contributed by atoms with Crippen LogP contribution in [0.1, 0.15) is 32.8 Å². The molecule has 4 heteroatoms. The lowest BCUT2D eigenvalue weighted by Crippen LogP contribution is -2.64. The third-order valence-corrected chi connectivity index (χ3v) is 3.40. The Morgan fingerprint density at radius 1 is 1.42 bits per heavy atom. The first-order valence-corrected chi connectivity index (χ1v) is 6.53. The molecule has 0 amide bonds. The molecule has 0 unspecified atom stereocenters. The molecule has 19 heavy (non-hydrogen) atoms. The number of nitrogens with one attached hydrogen (secondary N) is 1. The number of benzene rings is 1. The minimum absolute atomic E-state index is 0.0275. The van der Waals surface area contributed by atoms with Gasteiger partial charge < -0.3 is 15.2 Å². The van der Waals surface area contributed by atoms with E-state index in [1.54, 1.807) is 0 Å². The van der Waals surface area contributed by atoms with Crippen LogP contribution in [0.5, 0.6) is 5.75 Å². The predicted molar refractivity (Wildman–Crippen MR) is 73.6 cm³/mol. The SMILES string of the molecule is CC(C)(C)c1cccc(OC2(CC(=O)O)CNC2)c1. The highest BCUT2D eigenvalue weighted by Crippen LogP contribution is 2.29. The van der Waals surface area contributed by atoms with Crippen LogP contribution < -0.4 is 10.1 Å². The fraction of sp³-hybridized carbons (Fsp3) is 0.533. The Morgan fingerprint density at radius 3 is 2.58 bits per heavy atom. The standard InChI is InChI=1S/C15H21NO3/c1-14(2,3)11-5-4-6-12(7-11)19-15(8-13(17)18)9-16-10-15/h4-7,16H,8-10H2,1-3H3,(H,17,18). The number of rotatable bonds is 4. The van der Waals surface area contributed by atoms with Gasteiger partial charge >= 0.3 is 5.97 Å². The van der Waals surface area contributed by atoms with E-state index in [-0.39, 0.29) is 11.8 Å². The van der Waals surface area contributed by atoms with Crippen molar-refractivity contribution in [3.05, 3.63) is 29.8 Å². The van der Waals surface area contributed by atoms with E-state index in [0.717, 1.165) is 5.75 Å². The van der Waals surface area contributed by atoms with Crippen LogP contribution in [0.3, 0.4) is 0 Å². The van der Waals surface area contributed by atoms with Crippen molar-refractivity contribution in [1.29, 1.82) is 0 Å². The molecular weight excluding hydrogens is 242 g/mol. The maximum atomic E-state index is 10.9. The van der Waals surface area contributed by atoms with Gasteiger partial charge in [-0.3, -0.25) is 4.79 Å². The van der Waals surface area contributed by atoms with Gasteiger partial charge in [0.1, 0.15) is 11.4 Å².